The van der Waals surface area contributed by atoms with Crippen LogP contribution in [-0.2, 0) is 0 Å². The summed E-state index contributed by atoms with van der Waals surface area (Å²) in [4.78, 5) is 33.8. The van der Waals surface area contributed by atoms with Crippen molar-refractivity contribution < 1.29 is 0 Å². The fraction of sp³-hybridized carbons (Fsp3) is 0. The standard InChI is InChI=1S/2C43H23N7.C38H20N6/c1-46-36-12-5-2-11-32(36)37-14-8-13-35(47-37)29-23-42(49-38-15-6-3-9-30(38)31-10-4-7-16-39(31)49)48-43(24-29)50-40-19-17-27(25-44)21-33(40)34-22-28(26-45)18-20-41(34)50;44-24-27-7-5-8-30(19-27)36-11-6-12-37(47-36)31-22-42(49-38-13-3-1-9-32(38)33-10-2-4-14-39(33)49)48-43(23-31)50-40-17-15-28(25-45)20-34(40)35-21-29(26-46)16-18-41(35)50;1-41-32-11-5-2-8-27(32)26-20-37(43-33-12-6-3-9-28(33)30-18-24(22-39)14-16-35(30)43)42-38(21-26)44-34-13-7-4-10-29(34)31-19-25(23-40)15-17-36(31)44/h2-24H;1-23H;2-21H. The van der Waals surface area contributed by atoms with Gasteiger partial charge in [0.1, 0.15) is 34.9 Å². The van der Waals surface area contributed by atoms with Gasteiger partial charge in [0, 0.05) is 86.9 Å². The summed E-state index contributed by atoms with van der Waals surface area (Å²) in [6, 6.07) is 146. The largest absolute Gasteiger partial charge is 0.294 e. The van der Waals surface area contributed by atoms with E-state index in [-0.39, 0.29) is 0 Å². The first-order valence-corrected chi connectivity index (χ1v) is 46.0. The summed E-state index contributed by atoms with van der Waals surface area (Å²) in [6.45, 7) is 15.6. The maximum Gasteiger partial charge on any atom is 0.196 e. The zero-order chi connectivity index (χ0) is 97.3. The molecule has 0 aliphatic rings. The predicted molar refractivity (Wildman–Crippen MR) is 567 cm³/mol. The van der Waals surface area contributed by atoms with E-state index in [1.807, 2.05) is 279 Å². The van der Waals surface area contributed by atoms with Crippen molar-refractivity contribution in [2.75, 3.05) is 0 Å². The minimum absolute atomic E-state index is 0.535. The van der Waals surface area contributed by atoms with E-state index in [1.165, 1.54) is 0 Å². The van der Waals surface area contributed by atoms with Gasteiger partial charge in [0.05, 0.1) is 184 Å². The fourth-order valence-electron chi connectivity index (χ4n) is 20.2. The Morgan fingerprint density at radius 1 is 0.174 bits per heavy atom. The highest BCUT2D eigenvalue weighted by Gasteiger charge is 2.27. The quantitative estimate of drug-likeness (QED) is 0.109. The van der Waals surface area contributed by atoms with Gasteiger partial charge >= 0.3 is 0 Å². The molecule has 0 N–H and O–H groups in total. The van der Waals surface area contributed by atoms with Crippen molar-refractivity contribution in [1.29, 1.82) is 36.8 Å². The molecule has 0 saturated carbocycles. The average molecular weight is 1840 g/mol. The first kappa shape index (κ1) is 85.2. The van der Waals surface area contributed by atoms with Gasteiger partial charge in [-0.3, -0.25) is 27.4 Å². The van der Waals surface area contributed by atoms with Gasteiger partial charge in [-0.05, 0) is 230 Å². The van der Waals surface area contributed by atoms with Crippen molar-refractivity contribution in [3.8, 4) is 134 Å². The molecule has 144 heavy (non-hydrogen) atoms. The van der Waals surface area contributed by atoms with Crippen LogP contribution in [0.3, 0.4) is 0 Å². The Balaban J connectivity index is 0.000000117. The van der Waals surface area contributed by atoms with E-state index in [2.05, 4.69) is 165 Å². The lowest BCUT2D eigenvalue weighted by Crippen LogP contribution is -2.05. The summed E-state index contributed by atoms with van der Waals surface area (Å²) in [7, 11) is 0. The summed E-state index contributed by atoms with van der Waals surface area (Å²) in [6.07, 6.45) is 0. The van der Waals surface area contributed by atoms with E-state index in [0.717, 1.165) is 181 Å². The second-order valence-electron chi connectivity index (χ2n) is 34.7. The highest BCUT2D eigenvalue weighted by molar-refractivity contribution is 6.15. The second-order valence-corrected chi connectivity index (χ2v) is 34.7. The fourth-order valence-corrected chi connectivity index (χ4v) is 20.2. The molecule has 0 saturated heterocycles. The van der Waals surface area contributed by atoms with Gasteiger partial charge in [0.15, 0.2) is 11.4 Å². The zero-order valence-electron chi connectivity index (χ0n) is 76.0. The van der Waals surface area contributed by atoms with E-state index in [1.54, 1.807) is 36.4 Å². The van der Waals surface area contributed by atoms with Crippen molar-refractivity contribution >= 4 is 142 Å². The molecule has 662 valence electrons. The molecule has 0 aliphatic carbocycles. The SMILES string of the molecule is N#Cc1cccc(-c2cccc(-c3cc(-n4c5ccccc5c5ccccc54)nc(-n4c5ccc(C#N)cc5c5cc(C#N)ccc54)c3)n2)c1.[C-]#[N+]c1ccccc1-c1cc(-n2c3ccccc3c3cc(C#N)ccc32)nc(-n2c3ccccc3c3cc(C#N)ccc32)c1.[C-]#[N+]c1ccccc1-c1cccc(-c2cc(-n3c4ccccc4c4ccccc43)nc(-n3c4ccc(C#N)cc4c4cc(C#N)ccc43)c2)n1. The summed E-state index contributed by atoms with van der Waals surface area (Å²) in [5, 5.41) is 79.8. The van der Waals surface area contributed by atoms with Crippen LogP contribution in [0, 0.1) is 92.5 Å². The van der Waals surface area contributed by atoms with Crippen molar-refractivity contribution in [3.05, 3.63) is 462 Å². The van der Waals surface area contributed by atoms with Crippen LogP contribution < -0.4 is 0 Å². The summed E-state index contributed by atoms with van der Waals surface area (Å²) >= 11 is 0. The Labute approximate surface area is 821 Å². The van der Waals surface area contributed by atoms with Crippen LogP contribution in [0.4, 0.5) is 11.4 Å². The van der Waals surface area contributed by atoms with Crippen molar-refractivity contribution in [2.24, 2.45) is 0 Å². The zero-order valence-corrected chi connectivity index (χ0v) is 76.0. The minimum atomic E-state index is 0.535. The lowest BCUT2D eigenvalue weighted by Gasteiger charge is -2.15. The molecule has 0 spiro atoms. The van der Waals surface area contributed by atoms with E-state index in [4.69, 9.17) is 38.1 Å². The summed E-state index contributed by atoms with van der Waals surface area (Å²) in [5.74, 6) is 4.11. The molecular formula is C124H66N20. The third kappa shape index (κ3) is 14.4. The highest BCUT2D eigenvalue weighted by Crippen LogP contribution is 2.45. The topological polar surface area (TPSA) is 269 Å². The van der Waals surface area contributed by atoms with Crippen LogP contribution in [0.2, 0.25) is 0 Å². The molecular weight excluding hydrogens is 1770 g/mol. The molecule has 20 nitrogen and oxygen atoms in total. The van der Waals surface area contributed by atoms with Crippen molar-refractivity contribution in [2.45, 2.75) is 0 Å². The molecule has 0 amide bonds. The number of hydrogen-bond donors (Lipinski definition) is 0. The van der Waals surface area contributed by atoms with Crippen LogP contribution in [-0.4, -0.2) is 52.3 Å². The molecule has 15 aromatic carbocycles. The van der Waals surface area contributed by atoms with Crippen LogP contribution in [0.1, 0.15) is 38.9 Å². The van der Waals surface area contributed by atoms with Gasteiger partial charge in [-0.15, -0.1) is 0 Å². The van der Waals surface area contributed by atoms with Crippen LogP contribution >= 0.6 is 0 Å². The number of para-hydroxylation sites is 8. The first-order valence-electron chi connectivity index (χ1n) is 46.0. The average Bonchev–Trinajstić information content (AvgIpc) is 1.54. The molecule has 0 fully saturated rings. The number of hydrogen-bond acceptors (Lipinski definition) is 12. The van der Waals surface area contributed by atoms with Crippen molar-refractivity contribution in [3.63, 3.8) is 0 Å². The smallest absolute Gasteiger partial charge is 0.196 e. The number of nitrogens with zero attached hydrogens (tertiary/aromatic N) is 20. The minimum Gasteiger partial charge on any atom is -0.294 e. The van der Waals surface area contributed by atoms with Gasteiger partial charge in [-0.1, -0.05) is 182 Å². The molecule has 0 atom stereocenters. The molecule has 26 rings (SSSR count). The molecule has 26 aromatic rings. The number of benzene rings is 15. The Bertz CT molecular complexity index is 10000. The Morgan fingerprint density at radius 2 is 0.396 bits per heavy atom. The Hall–Kier alpha value is -21.7. The lowest BCUT2D eigenvalue weighted by molar-refractivity contribution is 1.01. The molecule has 20 heteroatoms. The maximum absolute atomic E-state index is 9.76. The van der Waals surface area contributed by atoms with Crippen LogP contribution in [0.5, 0.6) is 0 Å². The highest BCUT2D eigenvalue weighted by atomic mass is 15.2. The third-order valence-electron chi connectivity index (χ3n) is 26.6. The number of pyridine rings is 5. The van der Waals surface area contributed by atoms with Crippen LogP contribution in [0.25, 0.3) is 232 Å². The monoisotopic (exact) mass is 1830 g/mol. The molecule has 11 heterocycles. The van der Waals surface area contributed by atoms with Crippen molar-refractivity contribution in [1.82, 2.24) is 52.3 Å². The van der Waals surface area contributed by atoms with Gasteiger partial charge in [0.2, 0.25) is 0 Å². The Kier molecular flexibility index (Phi) is 20.8. The second kappa shape index (κ2) is 35.2. The lowest BCUT2D eigenvalue weighted by atomic mass is 10.0. The van der Waals surface area contributed by atoms with Gasteiger partial charge in [0.25, 0.3) is 0 Å². The summed E-state index contributed by atoms with van der Waals surface area (Å²) < 4.78 is 12.8. The Morgan fingerprint density at radius 3 is 0.701 bits per heavy atom. The predicted octanol–water partition coefficient (Wildman–Crippen LogP) is 29.2. The van der Waals surface area contributed by atoms with E-state index in [9.17, 15) is 36.8 Å². The van der Waals surface area contributed by atoms with Gasteiger partial charge < -0.3 is 0 Å². The van der Waals surface area contributed by atoms with Gasteiger partial charge in [-0.25, -0.2) is 34.6 Å². The first-order chi connectivity index (χ1) is 70.9. The third-order valence-corrected chi connectivity index (χ3v) is 26.6. The number of nitriles is 7. The van der Waals surface area contributed by atoms with E-state index < -0.39 is 0 Å². The molecule has 0 unspecified atom stereocenters. The normalized spacial score (nSPS) is 11.1. The number of rotatable bonds is 11. The molecule has 0 radical (unpaired) electrons. The summed E-state index contributed by atoms with van der Waals surface area (Å²) in [5.41, 5.74) is 24.2. The van der Waals surface area contributed by atoms with E-state index >= 15 is 0 Å². The molecule has 0 aliphatic heterocycles. The number of fused-ring (bicyclic) bond motifs is 18. The number of aromatic nitrogens is 11. The van der Waals surface area contributed by atoms with E-state index in [0.29, 0.717) is 90.9 Å². The molecule has 0 bridgehead atoms. The molecule has 11 aromatic heterocycles. The maximum atomic E-state index is 9.76. The van der Waals surface area contributed by atoms with Crippen LogP contribution in [0.15, 0.2) is 400 Å². The van der Waals surface area contributed by atoms with Gasteiger partial charge in [-0.2, -0.15) is 36.8 Å².